The number of benzene rings is 1. The zero-order valence-corrected chi connectivity index (χ0v) is 15.9. The minimum atomic E-state index is 0.216. The predicted molar refractivity (Wildman–Crippen MR) is 102 cm³/mol. The van der Waals surface area contributed by atoms with Crippen LogP contribution in [0.4, 0.5) is 0 Å². The van der Waals surface area contributed by atoms with E-state index in [9.17, 15) is 0 Å². The van der Waals surface area contributed by atoms with Crippen LogP contribution in [0.25, 0.3) is 0 Å². The maximum absolute atomic E-state index is 5.81. The van der Waals surface area contributed by atoms with Crippen LogP contribution in [0.2, 0.25) is 0 Å². The van der Waals surface area contributed by atoms with Gasteiger partial charge in [-0.15, -0.1) is 0 Å². The summed E-state index contributed by atoms with van der Waals surface area (Å²) >= 11 is 0. The van der Waals surface area contributed by atoms with Crippen LogP contribution in [0, 0.1) is 0 Å². The maximum atomic E-state index is 5.81. The smallest absolute Gasteiger partial charge is 0.120 e. The van der Waals surface area contributed by atoms with Gasteiger partial charge >= 0.3 is 0 Å². The molecule has 140 valence electrons. The second-order valence-electron chi connectivity index (χ2n) is 7.80. The third kappa shape index (κ3) is 5.19. The van der Waals surface area contributed by atoms with Crippen LogP contribution in [-0.2, 0) is 11.3 Å². The Kier molecular flexibility index (Phi) is 6.74. The van der Waals surface area contributed by atoms with Gasteiger partial charge in [-0.2, -0.15) is 0 Å². The summed E-state index contributed by atoms with van der Waals surface area (Å²) in [6.07, 6.45) is 6.59. The number of nitrogens with one attached hydrogen (secondary N) is 1. The Bertz CT molecular complexity index is 520. The highest BCUT2D eigenvalue weighted by molar-refractivity contribution is 5.28. The van der Waals surface area contributed by atoms with Crippen LogP contribution >= 0.6 is 0 Å². The molecule has 2 saturated heterocycles. The molecule has 2 fully saturated rings. The number of likely N-dealkylation sites (tertiary alicyclic amines) is 1. The number of hydrogen-bond donors (Lipinski definition) is 1. The molecule has 1 aromatic carbocycles. The minimum Gasteiger partial charge on any atom is -0.491 e. The highest BCUT2D eigenvalue weighted by Crippen LogP contribution is 2.30. The van der Waals surface area contributed by atoms with Crippen LogP contribution < -0.4 is 10.1 Å². The van der Waals surface area contributed by atoms with Crippen LogP contribution in [0.3, 0.4) is 0 Å². The van der Waals surface area contributed by atoms with Crippen LogP contribution in [0.5, 0.6) is 5.75 Å². The number of ether oxygens (including phenoxy) is 2. The molecule has 25 heavy (non-hydrogen) atoms. The van der Waals surface area contributed by atoms with Gasteiger partial charge in [0.1, 0.15) is 5.75 Å². The highest BCUT2D eigenvalue weighted by atomic mass is 16.5. The minimum absolute atomic E-state index is 0.216. The molecule has 0 atom stereocenters. The summed E-state index contributed by atoms with van der Waals surface area (Å²) in [5.74, 6) is 0.964. The Balaban J connectivity index is 1.58. The molecule has 0 aliphatic carbocycles. The lowest BCUT2D eigenvalue weighted by atomic mass is 9.86. The van der Waals surface area contributed by atoms with E-state index in [1.54, 1.807) is 0 Å². The molecule has 0 radical (unpaired) electrons. The van der Waals surface area contributed by atoms with Gasteiger partial charge in [0.25, 0.3) is 0 Å². The van der Waals surface area contributed by atoms with E-state index >= 15 is 0 Å². The lowest BCUT2D eigenvalue weighted by Gasteiger charge is -2.48. The first-order valence-corrected chi connectivity index (χ1v) is 9.97. The average molecular weight is 347 g/mol. The van der Waals surface area contributed by atoms with Gasteiger partial charge in [0, 0.05) is 31.8 Å². The summed E-state index contributed by atoms with van der Waals surface area (Å²) in [5, 5.41) is 3.74. The first-order valence-electron chi connectivity index (χ1n) is 9.97. The molecule has 2 aliphatic rings. The van der Waals surface area contributed by atoms with Crippen molar-refractivity contribution in [3.05, 3.63) is 29.8 Å². The summed E-state index contributed by atoms with van der Waals surface area (Å²) in [7, 11) is 0. The molecular weight excluding hydrogens is 312 g/mol. The molecule has 4 heteroatoms. The molecule has 0 unspecified atom stereocenters. The standard InChI is InChI=1S/C21H34N2O2/c1-18(2)25-20-8-6-7-19(15-20)16-22-17-21(9-13-24-14-10-21)23-11-4-3-5-12-23/h6-8,15,18,22H,3-5,9-14,16-17H2,1-2H3. The normalized spacial score (nSPS) is 21.4. The summed E-state index contributed by atoms with van der Waals surface area (Å²) in [5.41, 5.74) is 1.57. The maximum Gasteiger partial charge on any atom is 0.120 e. The second-order valence-corrected chi connectivity index (χ2v) is 7.80. The van der Waals surface area contributed by atoms with E-state index in [4.69, 9.17) is 9.47 Å². The summed E-state index contributed by atoms with van der Waals surface area (Å²) in [6, 6.07) is 8.46. The van der Waals surface area contributed by atoms with Crippen molar-refractivity contribution in [3.63, 3.8) is 0 Å². The van der Waals surface area contributed by atoms with E-state index in [0.29, 0.717) is 0 Å². The van der Waals surface area contributed by atoms with Gasteiger partial charge in [-0.1, -0.05) is 18.6 Å². The van der Waals surface area contributed by atoms with Gasteiger partial charge in [0.05, 0.1) is 6.10 Å². The fraction of sp³-hybridized carbons (Fsp3) is 0.714. The van der Waals surface area contributed by atoms with Crippen molar-refractivity contribution in [1.82, 2.24) is 10.2 Å². The van der Waals surface area contributed by atoms with E-state index in [-0.39, 0.29) is 11.6 Å². The Morgan fingerprint density at radius 3 is 2.64 bits per heavy atom. The average Bonchev–Trinajstić information content (AvgIpc) is 2.63. The molecule has 1 N–H and O–H groups in total. The monoisotopic (exact) mass is 346 g/mol. The second kappa shape index (κ2) is 9.02. The topological polar surface area (TPSA) is 33.7 Å². The van der Waals surface area contributed by atoms with Gasteiger partial charge in [-0.25, -0.2) is 0 Å². The van der Waals surface area contributed by atoms with Crippen molar-refractivity contribution in [2.24, 2.45) is 0 Å². The van der Waals surface area contributed by atoms with Gasteiger partial charge in [-0.05, 0) is 70.3 Å². The van der Waals surface area contributed by atoms with Crippen molar-refractivity contribution >= 4 is 0 Å². The molecule has 0 spiro atoms. The van der Waals surface area contributed by atoms with Crippen molar-refractivity contribution in [1.29, 1.82) is 0 Å². The fourth-order valence-electron chi connectivity index (χ4n) is 4.16. The van der Waals surface area contributed by atoms with Crippen molar-refractivity contribution in [2.45, 2.75) is 64.1 Å². The van der Waals surface area contributed by atoms with Crippen LogP contribution in [0.1, 0.15) is 51.5 Å². The van der Waals surface area contributed by atoms with Crippen molar-refractivity contribution in [3.8, 4) is 5.75 Å². The first kappa shape index (κ1) is 18.7. The summed E-state index contributed by atoms with van der Waals surface area (Å²) < 4.78 is 11.5. The van der Waals surface area contributed by atoms with Crippen LogP contribution in [-0.4, -0.2) is 49.4 Å². The van der Waals surface area contributed by atoms with E-state index in [0.717, 1.165) is 44.9 Å². The molecule has 2 aliphatic heterocycles. The third-order valence-corrected chi connectivity index (χ3v) is 5.50. The predicted octanol–water partition coefficient (Wildman–Crippen LogP) is 3.60. The molecule has 0 aromatic heterocycles. The van der Waals surface area contributed by atoms with Gasteiger partial charge in [0.15, 0.2) is 0 Å². The largest absolute Gasteiger partial charge is 0.491 e. The van der Waals surface area contributed by atoms with E-state index in [1.807, 2.05) is 6.07 Å². The molecule has 2 heterocycles. The fourth-order valence-corrected chi connectivity index (χ4v) is 4.16. The van der Waals surface area contributed by atoms with Gasteiger partial charge < -0.3 is 14.8 Å². The Morgan fingerprint density at radius 2 is 1.92 bits per heavy atom. The molecule has 3 rings (SSSR count). The quantitative estimate of drug-likeness (QED) is 0.818. The molecule has 4 nitrogen and oxygen atoms in total. The number of hydrogen-bond acceptors (Lipinski definition) is 4. The molecule has 0 saturated carbocycles. The molecule has 0 bridgehead atoms. The number of piperidine rings is 1. The molecule has 1 aromatic rings. The van der Waals surface area contributed by atoms with Crippen molar-refractivity contribution < 1.29 is 9.47 Å². The number of nitrogens with zero attached hydrogens (tertiary/aromatic N) is 1. The zero-order valence-electron chi connectivity index (χ0n) is 15.9. The van der Waals surface area contributed by atoms with E-state index < -0.39 is 0 Å². The van der Waals surface area contributed by atoms with Crippen molar-refractivity contribution in [2.75, 3.05) is 32.8 Å². The number of rotatable bonds is 7. The Labute approximate surface area is 152 Å². The van der Waals surface area contributed by atoms with Crippen LogP contribution in [0.15, 0.2) is 24.3 Å². The van der Waals surface area contributed by atoms with Gasteiger partial charge in [-0.3, -0.25) is 4.90 Å². The summed E-state index contributed by atoms with van der Waals surface area (Å²) in [4.78, 5) is 2.74. The molecular formula is C21H34N2O2. The lowest BCUT2D eigenvalue weighted by molar-refractivity contribution is -0.0358. The summed E-state index contributed by atoms with van der Waals surface area (Å²) in [6.45, 7) is 10.4. The zero-order chi connectivity index (χ0) is 17.5. The van der Waals surface area contributed by atoms with Gasteiger partial charge in [0.2, 0.25) is 0 Å². The Hall–Kier alpha value is -1.10. The first-order chi connectivity index (χ1) is 12.2. The lowest BCUT2D eigenvalue weighted by Crippen LogP contribution is -2.59. The SMILES string of the molecule is CC(C)Oc1cccc(CNCC2(N3CCCCC3)CCOCC2)c1. The third-order valence-electron chi connectivity index (χ3n) is 5.50. The van der Waals surface area contributed by atoms with E-state index in [1.165, 1.54) is 37.9 Å². The Morgan fingerprint density at radius 1 is 1.16 bits per heavy atom. The highest BCUT2D eigenvalue weighted by Gasteiger charge is 2.38. The van der Waals surface area contributed by atoms with E-state index in [2.05, 4.69) is 42.3 Å². The molecule has 0 amide bonds.